The van der Waals surface area contributed by atoms with Gasteiger partial charge in [-0.1, -0.05) is 68.7 Å². The summed E-state index contributed by atoms with van der Waals surface area (Å²) in [4.78, 5) is 35.2. The summed E-state index contributed by atoms with van der Waals surface area (Å²) >= 11 is 0. The number of rotatable bonds is 12. The van der Waals surface area contributed by atoms with Gasteiger partial charge in [0.05, 0.1) is 17.6 Å². The van der Waals surface area contributed by atoms with Crippen LogP contribution in [0.4, 0.5) is 13.2 Å². The largest absolute Gasteiger partial charge is 0.416 e. The van der Waals surface area contributed by atoms with Gasteiger partial charge in [-0.15, -0.1) is 0 Å². The Labute approximate surface area is 227 Å². The minimum atomic E-state index is -4.44. The molecule has 1 fully saturated rings. The van der Waals surface area contributed by atoms with Gasteiger partial charge < -0.3 is 15.2 Å². The van der Waals surface area contributed by atoms with Crippen molar-refractivity contribution in [1.29, 1.82) is 0 Å². The van der Waals surface area contributed by atoms with Crippen LogP contribution in [0.25, 0.3) is 0 Å². The van der Waals surface area contributed by atoms with Crippen LogP contribution in [0.15, 0.2) is 67.1 Å². The fourth-order valence-electron chi connectivity index (χ4n) is 5.25. The van der Waals surface area contributed by atoms with Crippen LogP contribution in [-0.2, 0) is 34.0 Å². The average Bonchev–Trinajstić information content (AvgIpc) is 3.42. The molecule has 0 radical (unpaired) electrons. The Kier molecular flexibility index (Phi) is 9.09. The third-order valence-electron chi connectivity index (χ3n) is 7.46. The van der Waals surface area contributed by atoms with Crippen molar-refractivity contribution in [2.45, 2.75) is 69.5 Å². The number of carbonyl (C=O) groups is 2. The lowest BCUT2D eigenvalue weighted by Gasteiger charge is -2.52. The number of alkyl halides is 3. The maximum absolute atomic E-state index is 13.7. The zero-order valence-corrected chi connectivity index (χ0v) is 22.1. The van der Waals surface area contributed by atoms with Gasteiger partial charge in [0.15, 0.2) is 0 Å². The second kappa shape index (κ2) is 12.5. The molecule has 39 heavy (non-hydrogen) atoms. The highest BCUT2D eigenvalue weighted by Gasteiger charge is 2.47. The summed E-state index contributed by atoms with van der Waals surface area (Å²) in [6.07, 6.45) is 3.72. The topological polar surface area (TPSA) is 78.1 Å². The Morgan fingerprint density at radius 3 is 2.41 bits per heavy atom. The van der Waals surface area contributed by atoms with Gasteiger partial charge in [-0.2, -0.15) is 13.2 Å². The number of amides is 2. The summed E-state index contributed by atoms with van der Waals surface area (Å²) < 4.78 is 39.1. The summed E-state index contributed by atoms with van der Waals surface area (Å²) in [7, 11) is 0. The molecule has 208 valence electrons. The first-order chi connectivity index (χ1) is 18.7. The molecule has 6 nitrogen and oxygen atoms in total. The van der Waals surface area contributed by atoms with Crippen LogP contribution in [0, 0.1) is 0 Å². The number of nitrogens with one attached hydrogen (secondary N) is 2. The fourth-order valence-corrected chi connectivity index (χ4v) is 5.25. The van der Waals surface area contributed by atoms with Crippen molar-refractivity contribution in [3.05, 3.63) is 89.5 Å². The first-order valence-electron chi connectivity index (χ1n) is 13.5. The number of hydrogen-bond acceptors (Lipinski definition) is 3. The van der Waals surface area contributed by atoms with Crippen molar-refractivity contribution < 1.29 is 22.8 Å². The first kappa shape index (κ1) is 28.4. The molecule has 2 N–H and O–H groups in total. The third kappa shape index (κ3) is 7.28. The lowest BCUT2D eigenvalue weighted by atomic mass is 9.70. The molecule has 0 aliphatic carbocycles. The van der Waals surface area contributed by atoms with Gasteiger partial charge in [0, 0.05) is 37.5 Å². The molecular formula is C30H35F3N4O2. The van der Waals surface area contributed by atoms with E-state index in [1.165, 1.54) is 24.0 Å². The van der Waals surface area contributed by atoms with Gasteiger partial charge in [-0.05, 0) is 36.1 Å². The molecule has 0 saturated carbocycles. The molecule has 1 unspecified atom stereocenters. The molecule has 9 heteroatoms. The van der Waals surface area contributed by atoms with Gasteiger partial charge in [0.25, 0.3) is 0 Å². The van der Waals surface area contributed by atoms with Crippen LogP contribution in [0.3, 0.4) is 0 Å². The van der Waals surface area contributed by atoms with Crippen LogP contribution in [0.5, 0.6) is 0 Å². The smallest absolute Gasteiger partial charge is 0.351 e. The normalized spacial score (nSPS) is 15.4. The number of benzene rings is 2. The number of H-pyrrole nitrogens is 1. The van der Waals surface area contributed by atoms with Gasteiger partial charge in [-0.3, -0.25) is 9.59 Å². The third-order valence-corrected chi connectivity index (χ3v) is 7.46. The van der Waals surface area contributed by atoms with Crippen molar-refractivity contribution in [1.82, 2.24) is 20.2 Å². The lowest BCUT2D eigenvalue weighted by molar-refractivity contribution is -0.143. The monoisotopic (exact) mass is 540 g/mol. The molecule has 1 aromatic heterocycles. The summed E-state index contributed by atoms with van der Waals surface area (Å²) in [6, 6.07) is 14.1. The molecule has 0 bridgehead atoms. The van der Waals surface area contributed by atoms with Gasteiger partial charge in [-0.25, -0.2) is 4.98 Å². The number of halogens is 3. The molecule has 3 aromatic rings. The number of aromatic nitrogens is 2. The number of carbonyl (C=O) groups excluding carboxylic acids is 2. The van der Waals surface area contributed by atoms with Crippen molar-refractivity contribution in [3.8, 4) is 0 Å². The molecule has 1 aliphatic heterocycles. The van der Waals surface area contributed by atoms with E-state index in [4.69, 9.17) is 0 Å². The van der Waals surface area contributed by atoms with Crippen LogP contribution in [0.1, 0.15) is 61.4 Å². The van der Waals surface area contributed by atoms with E-state index in [2.05, 4.69) is 34.3 Å². The van der Waals surface area contributed by atoms with Gasteiger partial charge in [0.2, 0.25) is 11.8 Å². The van der Waals surface area contributed by atoms with E-state index >= 15 is 0 Å². The van der Waals surface area contributed by atoms with E-state index in [-0.39, 0.29) is 30.1 Å². The standard InChI is InChI=1S/C30H35F3N4O2/c1-2-3-7-16-29(23-8-5-4-6-9-23)19-37(20-29)28(39)26(36-27(38)15-14-25-18-34-21-35-25)17-22-10-12-24(13-11-22)30(31,32)33/h4-6,8-13,18,21,26H,2-3,7,14-17,19-20H2,1H3,(H,34,35)(H,36,38). The predicted octanol–water partition coefficient (Wildman–Crippen LogP) is 5.45. The number of hydrogen-bond donors (Lipinski definition) is 2. The van der Waals surface area contributed by atoms with E-state index in [1.54, 1.807) is 11.1 Å². The second-order valence-electron chi connectivity index (χ2n) is 10.4. The predicted molar refractivity (Wildman–Crippen MR) is 143 cm³/mol. The Hall–Kier alpha value is -3.62. The maximum Gasteiger partial charge on any atom is 0.416 e. The highest BCUT2D eigenvalue weighted by atomic mass is 19.4. The zero-order valence-electron chi connectivity index (χ0n) is 22.1. The molecular weight excluding hydrogens is 505 g/mol. The molecule has 0 spiro atoms. The van der Waals surface area contributed by atoms with Crippen LogP contribution < -0.4 is 5.32 Å². The van der Waals surface area contributed by atoms with Crippen molar-refractivity contribution >= 4 is 11.8 Å². The lowest BCUT2D eigenvalue weighted by Crippen LogP contribution is -2.64. The molecule has 1 atom stereocenters. The zero-order chi connectivity index (χ0) is 27.9. The van der Waals surface area contributed by atoms with Crippen molar-refractivity contribution in [2.24, 2.45) is 0 Å². The van der Waals surface area contributed by atoms with Crippen LogP contribution in [-0.4, -0.2) is 45.8 Å². The van der Waals surface area contributed by atoms with E-state index in [1.807, 2.05) is 18.2 Å². The quantitative estimate of drug-likeness (QED) is 0.300. The maximum atomic E-state index is 13.7. The molecule has 2 heterocycles. The van der Waals surface area contributed by atoms with Crippen LogP contribution >= 0.6 is 0 Å². The molecule has 2 aromatic carbocycles. The van der Waals surface area contributed by atoms with E-state index in [0.29, 0.717) is 25.1 Å². The number of aromatic amines is 1. The number of nitrogens with zero attached hydrogens (tertiary/aromatic N) is 2. The van der Waals surface area contributed by atoms with Crippen LogP contribution in [0.2, 0.25) is 0 Å². The molecule has 1 aliphatic rings. The summed E-state index contributed by atoms with van der Waals surface area (Å²) in [5, 5.41) is 2.85. The molecule has 2 amide bonds. The van der Waals surface area contributed by atoms with Crippen molar-refractivity contribution in [3.63, 3.8) is 0 Å². The number of aryl methyl sites for hydroxylation is 1. The minimum absolute atomic E-state index is 0.107. The molecule has 4 rings (SSSR count). The summed E-state index contributed by atoms with van der Waals surface area (Å²) in [5.74, 6) is -0.522. The highest BCUT2D eigenvalue weighted by molar-refractivity contribution is 5.88. The first-order valence-corrected chi connectivity index (χ1v) is 13.5. The summed E-state index contributed by atoms with van der Waals surface area (Å²) in [6.45, 7) is 3.25. The Bertz CT molecular complexity index is 1210. The van der Waals surface area contributed by atoms with Gasteiger partial charge in [0.1, 0.15) is 6.04 Å². The van der Waals surface area contributed by atoms with E-state index in [9.17, 15) is 22.8 Å². The fraction of sp³-hybridized carbons (Fsp3) is 0.433. The van der Waals surface area contributed by atoms with E-state index < -0.39 is 17.8 Å². The Morgan fingerprint density at radius 2 is 1.79 bits per heavy atom. The summed E-state index contributed by atoms with van der Waals surface area (Å²) in [5.41, 5.74) is 1.60. The molecule has 1 saturated heterocycles. The number of likely N-dealkylation sites (tertiary alicyclic amines) is 1. The average molecular weight is 541 g/mol. The Morgan fingerprint density at radius 1 is 1.08 bits per heavy atom. The Balaban J connectivity index is 1.48. The van der Waals surface area contributed by atoms with Gasteiger partial charge >= 0.3 is 6.18 Å². The highest BCUT2D eigenvalue weighted by Crippen LogP contribution is 2.40. The second-order valence-corrected chi connectivity index (χ2v) is 10.4. The number of unbranched alkanes of at least 4 members (excludes halogenated alkanes) is 2. The minimum Gasteiger partial charge on any atom is -0.351 e. The SMILES string of the molecule is CCCCCC1(c2ccccc2)CN(C(=O)C(Cc2ccc(C(F)(F)F)cc2)NC(=O)CCc2c[nH]cn2)C1. The van der Waals surface area contributed by atoms with E-state index in [0.717, 1.165) is 43.5 Å². The number of imidazole rings is 1. The van der Waals surface area contributed by atoms with Crippen molar-refractivity contribution in [2.75, 3.05) is 13.1 Å².